The molecule has 0 radical (unpaired) electrons. The van der Waals surface area contributed by atoms with Gasteiger partial charge in [-0.05, 0) is 55.2 Å². The number of hydrogen-bond donors (Lipinski definition) is 1. The Kier molecular flexibility index (Phi) is 5.45. The van der Waals surface area contributed by atoms with Gasteiger partial charge in [0.05, 0.1) is 0 Å². The summed E-state index contributed by atoms with van der Waals surface area (Å²) in [6.45, 7) is 6.36. The van der Waals surface area contributed by atoms with Gasteiger partial charge in [-0.3, -0.25) is 4.79 Å². The maximum atomic E-state index is 11.9. The average Bonchev–Trinajstić information content (AvgIpc) is 2.49. The van der Waals surface area contributed by atoms with Crippen LogP contribution in [0, 0.1) is 20.8 Å². The lowest BCUT2D eigenvalue weighted by molar-refractivity contribution is -0.123. The molecule has 0 aromatic heterocycles. The minimum Gasteiger partial charge on any atom is -0.484 e. The molecule has 0 bridgehead atoms. The van der Waals surface area contributed by atoms with E-state index in [1.165, 1.54) is 0 Å². The molecule has 0 aliphatic rings. The molecule has 0 saturated heterocycles. The minimum absolute atomic E-state index is 0.00755. The molecule has 4 heteroatoms. The summed E-state index contributed by atoms with van der Waals surface area (Å²) in [4.78, 5) is 11.9. The lowest BCUT2D eigenvalue weighted by Crippen LogP contribution is -2.28. The maximum absolute atomic E-state index is 11.9. The number of rotatable bonds is 5. The van der Waals surface area contributed by atoms with Crippen molar-refractivity contribution in [2.75, 3.05) is 6.61 Å². The van der Waals surface area contributed by atoms with Crippen LogP contribution < -0.4 is 10.1 Å². The van der Waals surface area contributed by atoms with E-state index in [1.807, 2.05) is 57.2 Å². The minimum atomic E-state index is -0.145. The second-order valence-electron chi connectivity index (χ2n) is 5.36. The molecule has 22 heavy (non-hydrogen) atoms. The summed E-state index contributed by atoms with van der Waals surface area (Å²) in [6.07, 6.45) is 0. The zero-order valence-electron chi connectivity index (χ0n) is 13.1. The largest absolute Gasteiger partial charge is 0.484 e. The third-order valence-corrected chi connectivity index (χ3v) is 4.11. The van der Waals surface area contributed by atoms with Gasteiger partial charge >= 0.3 is 0 Å². The van der Waals surface area contributed by atoms with Crippen molar-refractivity contribution in [2.24, 2.45) is 0 Å². The number of hydrogen-bond acceptors (Lipinski definition) is 2. The van der Waals surface area contributed by atoms with Crippen molar-refractivity contribution in [3.8, 4) is 5.75 Å². The van der Waals surface area contributed by atoms with Crippen LogP contribution in [0.5, 0.6) is 5.75 Å². The molecule has 116 valence electrons. The molecule has 1 N–H and O–H groups in total. The first-order valence-electron chi connectivity index (χ1n) is 7.18. The highest BCUT2D eigenvalue weighted by molar-refractivity contribution is 6.32. The van der Waals surface area contributed by atoms with E-state index in [1.54, 1.807) is 0 Å². The second-order valence-corrected chi connectivity index (χ2v) is 5.74. The lowest BCUT2D eigenvalue weighted by Gasteiger charge is -2.11. The number of halogens is 1. The van der Waals surface area contributed by atoms with Gasteiger partial charge in [0.25, 0.3) is 5.91 Å². The van der Waals surface area contributed by atoms with Crippen molar-refractivity contribution in [3.63, 3.8) is 0 Å². The molecule has 2 rings (SSSR count). The van der Waals surface area contributed by atoms with Gasteiger partial charge in [-0.15, -0.1) is 0 Å². The normalized spacial score (nSPS) is 10.4. The van der Waals surface area contributed by atoms with Crippen molar-refractivity contribution in [1.29, 1.82) is 0 Å². The van der Waals surface area contributed by atoms with Gasteiger partial charge in [-0.1, -0.05) is 35.9 Å². The van der Waals surface area contributed by atoms with E-state index < -0.39 is 0 Å². The number of carbonyl (C=O) groups is 1. The van der Waals surface area contributed by atoms with Gasteiger partial charge in [0.2, 0.25) is 0 Å². The SMILES string of the molecule is Cc1ccccc1CNC(=O)COc1cc(C)c(Cl)c(C)c1. The van der Waals surface area contributed by atoms with Crippen LogP contribution in [-0.2, 0) is 11.3 Å². The van der Waals surface area contributed by atoms with Gasteiger partial charge in [-0.25, -0.2) is 0 Å². The van der Waals surface area contributed by atoms with E-state index in [4.69, 9.17) is 16.3 Å². The molecule has 0 unspecified atom stereocenters. The first-order chi connectivity index (χ1) is 10.5. The zero-order chi connectivity index (χ0) is 16.1. The van der Waals surface area contributed by atoms with Crippen LogP contribution in [0.15, 0.2) is 36.4 Å². The molecule has 0 spiro atoms. The summed E-state index contributed by atoms with van der Waals surface area (Å²) >= 11 is 6.11. The molecule has 2 aromatic rings. The van der Waals surface area contributed by atoms with Crippen LogP contribution in [0.25, 0.3) is 0 Å². The van der Waals surface area contributed by atoms with Crippen LogP contribution in [0.1, 0.15) is 22.3 Å². The van der Waals surface area contributed by atoms with Gasteiger partial charge in [0, 0.05) is 11.6 Å². The quantitative estimate of drug-likeness (QED) is 0.906. The predicted octanol–water partition coefficient (Wildman–Crippen LogP) is 3.96. The highest BCUT2D eigenvalue weighted by Gasteiger charge is 2.07. The Morgan fingerprint density at radius 1 is 1.09 bits per heavy atom. The first kappa shape index (κ1) is 16.4. The fourth-order valence-electron chi connectivity index (χ4n) is 2.19. The molecule has 2 aromatic carbocycles. The molecule has 3 nitrogen and oxygen atoms in total. The van der Waals surface area contributed by atoms with Gasteiger partial charge in [0.1, 0.15) is 5.75 Å². The third kappa shape index (κ3) is 4.25. The van der Waals surface area contributed by atoms with Gasteiger partial charge in [0.15, 0.2) is 6.61 Å². The Morgan fingerprint density at radius 3 is 2.36 bits per heavy atom. The third-order valence-electron chi connectivity index (χ3n) is 3.52. The number of ether oxygens (including phenoxy) is 1. The highest BCUT2D eigenvalue weighted by Crippen LogP contribution is 2.25. The Bertz CT molecular complexity index is 660. The van der Waals surface area contributed by atoms with Crippen molar-refractivity contribution in [1.82, 2.24) is 5.32 Å². The molecule has 0 aliphatic heterocycles. The summed E-state index contributed by atoms with van der Waals surface area (Å²) < 4.78 is 5.53. The predicted molar refractivity (Wildman–Crippen MR) is 89.4 cm³/mol. The topological polar surface area (TPSA) is 38.3 Å². The van der Waals surface area contributed by atoms with E-state index in [9.17, 15) is 4.79 Å². The first-order valence-corrected chi connectivity index (χ1v) is 7.56. The average molecular weight is 318 g/mol. The summed E-state index contributed by atoms with van der Waals surface area (Å²) in [7, 11) is 0. The molecule has 0 aliphatic carbocycles. The Hall–Kier alpha value is -2.00. The van der Waals surface area contributed by atoms with E-state index in [2.05, 4.69) is 5.32 Å². The van der Waals surface area contributed by atoms with E-state index >= 15 is 0 Å². The van der Waals surface area contributed by atoms with Crippen LogP contribution in [-0.4, -0.2) is 12.5 Å². The van der Waals surface area contributed by atoms with Crippen molar-refractivity contribution in [3.05, 3.63) is 63.7 Å². The molecule has 0 heterocycles. The Balaban J connectivity index is 1.87. The number of aryl methyl sites for hydroxylation is 3. The molecule has 0 atom stereocenters. The van der Waals surface area contributed by atoms with Crippen LogP contribution in [0.3, 0.4) is 0 Å². The molecule has 1 amide bonds. The monoisotopic (exact) mass is 317 g/mol. The highest BCUT2D eigenvalue weighted by atomic mass is 35.5. The number of benzene rings is 2. The Morgan fingerprint density at radius 2 is 1.73 bits per heavy atom. The number of nitrogens with one attached hydrogen (secondary N) is 1. The van der Waals surface area contributed by atoms with Crippen molar-refractivity contribution >= 4 is 17.5 Å². The molecule has 0 saturated carbocycles. The van der Waals surface area contributed by atoms with Crippen molar-refractivity contribution in [2.45, 2.75) is 27.3 Å². The van der Waals surface area contributed by atoms with Crippen molar-refractivity contribution < 1.29 is 9.53 Å². The fraction of sp³-hybridized carbons (Fsp3) is 0.278. The number of carbonyl (C=O) groups excluding carboxylic acids is 1. The second kappa shape index (κ2) is 7.32. The molecule has 0 fully saturated rings. The Labute approximate surface area is 136 Å². The van der Waals surface area contributed by atoms with E-state index in [0.29, 0.717) is 12.3 Å². The van der Waals surface area contributed by atoms with Gasteiger partial charge in [-0.2, -0.15) is 0 Å². The fourth-order valence-corrected chi connectivity index (χ4v) is 2.30. The molecular formula is C18H20ClNO2. The van der Waals surface area contributed by atoms with Crippen LogP contribution in [0.4, 0.5) is 0 Å². The summed E-state index contributed by atoms with van der Waals surface area (Å²) in [5, 5.41) is 3.59. The summed E-state index contributed by atoms with van der Waals surface area (Å²) in [6, 6.07) is 11.6. The lowest BCUT2D eigenvalue weighted by atomic mass is 10.1. The van der Waals surface area contributed by atoms with E-state index in [0.717, 1.165) is 27.3 Å². The summed E-state index contributed by atoms with van der Waals surface area (Å²) in [5.74, 6) is 0.513. The maximum Gasteiger partial charge on any atom is 0.258 e. The van der Waals surface area contributed by atoms with E-state index in [-0.39, 0.29) is 12.5 Å². The van der Waals surface area contributed by atoms with Crippen LogP contribution in [0.2, 0.25) is 5.02 Å². The molecular weight excluding hydrogens is 298 g/mol. The van der Waals surface area contributed by atoms with Gasteiger partial charge < -0.3 is 10.1 Å². The van der Waals surface area contributed by atoms with Crippen LogP contribution >= 0.6 is 11.6 Å². The standard InChI is InChI=1S/C18H20ClNO2/c1-12-6-4-5-7-15(12)10-20-17(21)11-22-16-8-13(2)18(19)14(3)9-16/h4-9H,10-11H2,1-3H3,(H,20,21). The zero-order valence-corrected chi connectivity index (χ0v) is 13.8. The summed E-state index contributed by atoms with van der Waals surface area (Å²) in [5.41, 5.74) is 4.15. The smallest absolute Gasteiger partial charge is 0.258 e. The number of amides is 1.